The quantitative estimate of drug-likeness (QED) is 0.919. The Labute approximate surface area is 124 Å². The van der Waals surface area contributed by atoms with Crippen LogP contribution < -0.4 is 10.2 Å². The van der Waals surface area contributed by atoms with Crippen LogP contribution >= 0.6 is 11.3 Å². The fourth-order valence-corrected chi connectivity index (χ4v) is 2.43. The van der Waals surface area contributed by atoms with Gasteiger partial charge < -0.3 is 10.2 Å². The van der Waals surface area contributed by atoms with Crippen molar-refractivity contribution < 1.29 is 13.2 Å². The smallest absolute Gasteiger partial charge is 0.373 e. The Bertz CT molecular complexity index is 584. The lowest BCUT2D eigenvalue weighted by Gasteiger charge is -2.19. The van der Waals surface area contributed by atoms with Crippen LogP contribution in [-0.2, 0) is 12.6 Å². The molecule has 0 unspecified atom stereocenters. The maximum absolute atomic E-state index is 12.8. The second-order valence-electron chi connectivity index (χ2n) is 4.43. The van der Waals surface area contributed by atoms with Gasteiger partial charge in [0.15, 0.2) is 0 Å². The Morgan fingerprint density at radius 1 is 1.33 bits per heavy atom. The summed E-state index contributed by atoms with van der Waals surface area (Å²) in [5.74, 6) is -0.735. The molecule has 0 amide bonds. The number of hydrogen-bond acceptors (Lipinski definition) is 5. The highest BCUT2D eigenvalue weighted by Gasteiger charge is 2.35. The highest BCUT2D eigenvalue weighted by molar-refractivity contribution is 7.09. The van der Waals surface area contributed by atoms with Crippen LogP contribution in [0, 0.1) is 0 Å². The third kappa shape index (κ3) is 4.07. The summed E-state index contributed by atoms with van der Waals surface area (Å²) < 4.78 is 38.4. The molecule has 0 bridgehead atoms. The summed E-state index contributed by atoms with van der Waals surface area (Å²) in [5.41, 5.74) is 0. The van der Waals surface area contributed by atoms with Crippen molar-refractivity contribution in [2.75, 3.05) is 30.9 Å². The zero-order chi connectivity index (χ0) is 15.5. The first-order chi connectivity index (χ1) is 9.90. The van der Waals surface area contributed by atoms with Crippen LogP contribution in [0.3, 0.4) is 0 Å². The molecule has 0 aliphatic heterocycles. The number of aromatic nitrogens is 2. The van der Waals surface area contributed by atoms with Gasteiger partial charge in [0.1, 0.15) is 11.6 Å². The first-order valence-corrected chi connectivity index (χ1v) is 7.15. The Kier molecular flexibility index (Phi) is 4.66. The predicted octanol–water partition coefficient (Wildman–Crippen LogP) is 3.28. The molecule has 0 aliphatic rings. The van der Waals surface area contributed by atoms with E-state index in [2.05, 4.69) is 15.3 Å². The second-order valence-corrected chi connectivity index (χ2v) is 5.47. The van der Waals surface area contributed by atoms with Crippen LogP contribution in [0.1, 0.15) is 10.7 Å². The van der Waals surface area contributed by atoms with E-state index in [4.69, 9.17) is 0 Å². The van der Waals surface area contributed by atoms with Gasteiger partial charge in [-0.1, -0.05) is 6.07 Å². The monoisotopic (exact) mass is 316 g/mol. The molecule has 1 N–H and O–H groups in total. The van der Waals surface area contributed by atoms with Crippen molar-refractivity contribution in [2.24, 2.45) is 0 Å². The minimum Gasteiger partial charge on any atom is -0.373 e. The summed E-state index contributed by atoms with van der Waals surface area (Å²) in [7, 11) is 3.24. The molecule has 8 heteroatoms. The predicted molar refractivity (Wildman–Crippen MR) is 77.9 cm³/mol. The molecule has 0 radical (unpaired) electrons. The average molecular weight is 316 g/mol. The summed E-state index contributed by atoms with van der Waals surface area (Å²) in [4.78, 5) is 9.92. The van der Waals surface area contributed by atoms with E-state index in [1.54, 1.807) is 23.3 Å². The zero-order valence-corrected chi connectivity index (χ0v) is 12.4. The average Bonchev–Trinajstić information content (AvgIpc) is 2.96. The molecular weight excluding hydrogens is 301 g/mol. The van der Waals surface area contributed by atoms with Gasteiger partial charge in [-0.05, 0) is 17.9 Å². The SMILES string of the molecule is CNc1cc(N(C)CCc2cccs2)nc(C(F)(F)F)n1. The van der Waals surface area contributed by atoms with Crippen LogP contribution in [0.4, 0.5) is 24.8 Å². The summed E-state index contributed by atoms with van der Waals surface area (Å²) in [6.45, 7) is 0.581. The molecule has 0 atom stereocenters. The lowest BCUT2D eigenvalue weighted by molar-refractivity contribution is -0.144. The molecule has 2 heterocycles. The molecule has 0 fully saturated rings. The minimum absolute atomic E-state index is 0.148. The lowest BCUT2D eigenvalue weighted by Crippen LogP contribution is -2.23. The van der Waals surface area contributed by atoms with Gasteiger partial charge in [0.2, 0.25) is 5.82 Å². The number of anilines is 2. The summed E-state index contributed by atoms with van der Waals surface area (Å²) in [6.07, 6.45) is -3.80. The van der Waals surface area contributed by atoms with Gasteiger partial charge in [0, 0.05) is 31.6 Å². The summed E-state index contributed by atoms with van der Waals surface area (Å²) >= 11 is 1.62. The van der Waals surface area contributed by atoms with Crippen LogP contribution in [0.2, 0.25) is 0 Å². The van der Waals surface area contributed by atoms with E-state index in [-0.39, 0.29) is 11.6 Å². The third-order valence-electron chi connectivity index (χ3n) is 2.89. The molecule has 21 heavy (non-hydrogen) atoms. The number of hydrogen-bond donors (Lipinski definition) is 1. The number of thiophene rings is 1. The van der Waals surface area contributed by atoms with Gasteiger partial charge >= 0.3 is 6.18 Å². The van der Waals surface area contributed by atoms with Gasteiger partial charge in [-0.25, -0.2) is 9.97 Å². The number of likely N-dealkylation sites (N-methyl/N-ethyl adjacent to an activating group) is 1. The molecule has 2 aromatic heterocycles. The van der Waals surface area contributed by atoms with Crippen molar-refractivity contribution in [1.29, 1.82) is 0 Å². The van der Waals surface area contributed by atoms with E-state index in [0.717, 1.165) is 6.42 Å². The van der Waals surface area contributed by atoms with E-state index in [1.807, 2.05) is 17.5 Å². The Balaban J connectivity index is 2.17. The molecular formula is C13H15F3N4S. The lowest BCUT2D eigenvalue weighted by atomic mass is 10.3. The number of alkyl halides is 3. The minimum atomic E-state index is -4.56. The van der Waals surface area contributed by atoms with Gasteiger partial charge in [-0.15, -0.1) is 11.3 Å². The van der Waals surface area contributed by atoms with Crippen molar-refractivity contribution >= 4 is 23.0 Å². The number of rotatable bonds is 5. The van der Waals surface area contributed by atoms with Gasteiger partial charge in [0.25, 0.3) is 0 Å². The van der Waals surface area contributed by atoms with Crippen LogP contribution in [0.25, 0.3) is 0 Å². The molecule has 4 nitrogen and oxygen atoms in total. The highest BCUT2D eigenvalue weighted by Crippen LogP contribution is 2.29. The molecule has 0 aliphatic carbocycles. The Morgan fingerprint density at radius 3 is 2.67 bits per heavy atom. The fraction of sp³-hybridized carbons (Fsp3) is 0.385. The Morgan fingerprint density at radius 2 is 2.10 bits per heavy atom. The number of nitrogens with zero attached hydrogens (tertiary/aromatic N) is 3. The maximum Gasteiger partial charge on any atom is 0.451 e. The summed E-state index contributed by atoms with van der Waals surface area (Å²) in [6, 6.07) is 5.45. The van der Waals surface area contributed by atoms with Crippen molar-refractivity contribution in [3.05, 3.63) is 34.3 Å². The molecule has 0 aromatic carbocycles. The molecule has 0 saturated carbocycles. The van der Waals surface area contributed by atoms with Crippen LogP contribution in [-0.4, -0.2) is 30.6 Å². The third-order valence-corrected chi connectivity index (χ3v) is 3.82. The molecule has 0 spiro atoms. The largest absolute Gasteiger partial charge is 0.451 e. The van der Waals surface area contributed by atoms with Gasteiger partial charge in [-0.2, -0.15) is 13.2 Å². The summed E-state index contributed by atoms with van der Waals surface area (Å²) in [5, 5.41) is 4.60. The standard InChI is InChI=1S/C13H15F3N4S/c1-17-10-8-11(19-12(18-10)13(14,15)16)20(2)6-5-9-4-3-7-21-9/h3-4,7-8H,5-6H2,1-2H3,(H,17,18,19). The Hall–Kier alpha value is -1.83. The zero-order valence-electron chi connectivity index (χ0n) is 11.6. The molecule has 2 rings (SSSR count). The van der Waals surface area contributed by atoms with E-state index in [9.17, 15) is 13.2 Å². The maximum atomic E-state index is 12.8. The van der Waals surface area contributed by atoms with E-state index >= 15 is 0 Å². The van der Waals surface area contributed by atoms with Gasteiger partial charge in [0.05, 0.1) is 0 Å². The second kappa shape index (κ2) is 6.30. The first kappa shape index (κ1) is 15.6. The van der Waals surface area contributed by atoms with Crippen molar-refractivity contribution in [3.8, 4) is 0 Å². The van der Waals surface area contributed by atoms with Crippen molar-refractivity contribution in [3.63, 3.8) is 0 Å². The molecule has 0 saturated heterocycles. The van der Waals surface area contributed by atoms with Crippen molar-refractivity contribution in [2.45, 2.75) is 12.6 Å². The van der Waals surface area contributed by atoms with Crippen LogP contribution in [0.5, 0.6) is 0 Å². The van der Waals surface area contributed by atoms with Crippen LogP contribution in [0.15, 0.2) is 23.6 Å². The molecule has 2 aromatic rings. The van der Waals surface area contributed by atoms with E-state index in [0.29, 0.717) is 6.54 Å². The van der Waals surface area contributed by atoms with Gasteiger partial charge in [-0.3, -0.25) is 0 Å². The number of halogens is 3. The topological polar surface area (TPSA) is 41.0 Å². The van der Waals surface area contributed by atoms with E-state index < -0.39 is 12.0 Å². The van der Waals surface area contributed by atoms with Crippen molar-refractivity contribution in [1.82, 2.24) is 9.97 Å². The molecule has 114 valence electrons. The highest BCUT2D eigenvalue weighted by atomic mass is 32.1. The number of nitrogens with one attached hydrogen (secondary N) is 1. The first-order valence-electron chi connectivity index (χ1n) is 6.27. The van der Waals surface area contributed by atoms with E-state index in [1.165, 1.54) is 18.0 Å². The fourth-order valence-electron chi connectivity index (χ4n) is 1.73. The normalized spacial score (nSPS) is 11.5.